The summed E-state index contributed by atoms with van der Waals surface area (Å²) < 4.78 is 5.88. The molecule has 3 rings (SSSR count). The summed E-state index contributed by atoms with van der Waals surface area (Å²) >= 11 is 0. The first-order valence-electron chi connectivity index (χ1n) is 11.0. The molecule has 0 radical (unpaired) electrons. The third-order valence-electron chi connectivity index (χ3n) is 5.43. The van der Waals surface area contributed by atoms with Crippen molar-refractivity contribution in [2.75, 3.05) is 5.32 Å². The molecule has 0 aliphatic heterocycles. The van der Waals surface area contributed by atoms with E-state index >= 15 is 0 Å². The highest BCUT2D eigenvalue weighted by Crippen LogP contribution is 2.24. The van der Waals surface area contributed by atoms with Crippen molar-refractivity contribution in [2.45, 2.75) is 52.6 Å². The van der Waals surface area contributed by atoms with Crippen LogP contribution in [0.3, 0.4) is 0 Å². The van der Waals surface area contributed by atoms with Crippen LogP contribution in [0.2, 0.25) is 0 Å². The van der Waals surface area contributed by atoms with Crippen molar-refractivity contribution in [1.82, 2.24) is 0 Å². The van der Waals surface area contributed by atoms with E-state index in [4.69, 9.17) is 4.74 Å². The zero-order valence-corrected chi connectivity index (χ0v) is 19.4. The molecule has 0 bridgehead atoms. The minimum Gasteiger partial charge on any atom is -0.481 e. The molecule has 3 aromatic carbocycles. The van der Waals surface area contributed by atoms with Gasteiger partial charge >= 0.3 is 0 Å². The number of nitrogens with one attached hydrogen (secondary N) is 1. The van der Waals surface area contributed by atoms with Crippen molar-refractivity contribution in [3.63, 3.8) is 0 Å². The van der Waals surface area contributed by atoms with Gasteiger partial charge in [-0.15, -0.1) is 0 Å². The van der Waals surface area contributed by atoms with Gasteiger partial charge < -0.3 is 10.1 Å². The Balaban J connectivity index is 1.70. The second kappa shape index (κ2) is 9.82. The topological polar surface area (TPSA) is 55.4 Å². The summed E-state index contributed by atoms with van der Waals surface area (Å²) in [6, 6.07) is 22.4. The summed E-state index contributed by atoms with van der Waals surface area (Å²) in [4.78, 5) is 25.6. The average Bonchev–Trinajstić information content (AvgIpc) is 2.78. The summed E-state index contributed by atoms with van der Waals surface area (Å²) in [5, 5.41) is 2.86. The lowest BCUT2D eigenvalue weighted by atomic mass is 9.86. The van der Waals surface area contributed by atoms with Gasteiger partial charge in [0.1, 0.15) is 5.75 Å². The van der Waals surface area contributed by atoms with Crippen LogP contribution < -0.4 is 10.1 Å². The van der Waals surface area contributed by atoms with E-state index in [9.17, 15) is 9.59 Å². The number of anilines is 1. The number of ether oxygens (including phenoxy) is 1. The van der Waals surface area contributed by atoms with Gasteiger partial charge in [-0.05, 0) is 48.1 Å². The molecule has 1 atom stereocenters. The molecule has 4 heteroatoms. The Bertz CT molecular complexity index is 1090. The van der Waals surface area contributed by atoms with Gasteiger partial charge in [-0.3, -0.25) is 9.59 Å². The summed E-state index contributed by atoms with van der Waals surface area (Å²) in [6.07, 6.45) is 0.151. The fourth-order valence-electron chi connectivity index (χ4n) is 3.43. The standard InChI is InChI=1S/C28H31NO3/c1-6-20-10-7-8-13-25(20)32-19(2)27(31)29-24-12-9-11-22(18-24)26(30)21-14-16-23(17-15-21)28(3,4)5/h7-19H,6H2,1-5H3,(H,29,31)/t19-/m0/s1. The number of carbonyl (C=O) groups excluding carboxylic acids is 2. The van der Waals surface area contributed by atoms with E-state index in [0.29, 0.717) is 22.6 Å². The van der Waals surface area contributed by atoms with Crippen molar-refractivity contribution in [1.29, 1.82) is 0 Å². The maximum atomic E-state index is 13.0. The van der Waals surface area contributed by atoms with E-state index in [1.54, 1.807) is 31.2 Å². The Labute approximate surface area is 190 Å². The normalized spacial score (nSPS) is 12.2. The van der Waals surface area contributed by atoms with Crippen LogP contribution in [0, 0.1) is 0 Å². The first-order chi connectivity index (χ1) is 15.2. The van der Waals surface area contributed by atoms with E-state index in [2.05, 4.69) is 26.1 Å². The van der Waals surface area contributed by atoms with Crippen LogP contribution in [0.25, 0.3) is 0 Å². The third kappa shape index (κ3) is 5.64. The fourth-order valence-corrected chi connectivity index (χ4v) is 3.43. The molecule has 0 aliphatic carbocycles. The number of aryl methyl sites for hydroxylation is 1. The molecule has 0 saturated heterocycles. The number of para-hydroxylation sites is 1. The summed E-state index contributed by atoms with van der Waals surface area (Å²) in [5.41, 5.74) is 3.96. The number of rotatable bonds is 7. The van der Waals surface area contributed by atoms with Crippen LogP contribution in [0.4, 0.5) is 5.69 Å². The number of ketones is 1. The van der Waals surface area contributed by atoms with Gasteiger partial charge in [-0.1, -0.05) is 82.3 Å². The number of hydrogen-bond acceptors (Lipinski definition) is 3. The van der Waals surface area contributed by atoms with Gasteiger partial charge in [0.2, 0.25) is 0 Å². The first-order valence-corrected chi connectivity index (χ1v) is 11.0. The smallest absolute Gasteiger partial charge is 0.265 e. The van der Waals surface area contributed by atoms with E-state index in [-0.39, 0.29) is 17.1 Å². The van der Waals surface area contributed by atoms with Gasteiger partial charge in [0.25, 0.3) is 5.91 Å². The summed E-state index contributed by atoms with van der Waals surface area (Å²) in [7, 11) is 0. The number of benzene rings is 3. The lowest BCUT2D eigenvalue weighted by molar-refractivity contribution is -0.122. The minimum atomic E-state index is -0.674. The van der Waals surface area contributed by atoms with Crippen LogP contribution in [-0.4, -0.2) is 17.8 Å². The van der Waals surface area contributed by atoms with Crippen LogP contribution >= 0.6 is 0 Å². The van der Waals surface area contributed by atoms with E-state index in [1.165, 1.54) is 5.56 Å². The van der Waals surface area contributed by atoms with Crippen LogP contribution in [-0.2, 0) is 16.6 Å². The molecule has 32 heavy (non-hydrogen) atoms. The number of hydrogen-bond donors (Lipinski definition) is 1. The second-order valence-corrected chi connectivity index (χ2v) is 8.95. The minimum absolute atomic E-state index is 0.0299. The van der Waals surface area contributed by atoms with Crippen molar-refractivity contribution in [3.05, 3.63) is 95.1 Å². The lowest BCUT2D eigenvalue weighted by Crippen LogP contribution is -2.30. The summed E-state index contributed by atoms with van der Waals surface area (Å²) in [6.45, 7) is 10.2. The third-order valence-corrected chi connectivity index (χ3v) is 5.43. The van der Waals surface area contributed by atoms with Gasteiger partial charge in [-0.2, -0.15) is 0 Å². The SMILES string of the molecule is CCc1ccccc1O[C@@H](C)C(=O)Nc1cccc(C(=O)c2ccc(C(C)(C)C)cc2)c1. The van der Waals surface area contributed by atoms with Gasteiger partial charge in [0.15, 0.2) is 11.9 Å². The Hall–Kier alpha value is -3.40. The molecule has 0 aromatic heterocycles. The van der Waals surface area contributed by atoms with Gasteiger partial charge in [0, 0.05) is 16.8 Å². The second-order valence-electron chi connectivity index (χ2n) is 8.95. The number of carbonyl (C=O) groups is 2. The maximum Gasteiger partial charge on any atom is 0.265 e. The van der Waals surface area contributed by atoms with E-state index in [1.807, 2.05) is 55.5 Å². The van der Waals surface area contributed by atoms with Crippen LogP contribution in [0.5, 0.6) is 5.75 Å². The fraction of sp³-hybridized carbons (Fsp3) is 0.286. The number of amides is 1. The molecule has 0 aliphatic rings. The Morgan fingerprint density at radius 2 is 1.59 bits per heavy atom. The molecule has 166 valence electrons. The Morgan fingerprint density at radius 3 is 2.25 bits per heavy atom. The van der Waals surface area contributed by atoms with Gasteiger partial charge in [0.05, 0.1) is 0 Å². The molecule has 1 amide bonds. The molecule has 0 unspecified atom stereocenters. The summed E-state index contributed by atoms with van der Waals surface area (Å²) in [5.74, 6) is 0.359. The quantitative estimate of drug-likeness (QED) is 0.456. The van der Waals surface area contributed by atoms with E-state index < -0.39 is 6.10 Å². The maximum absolute atomic E-state index is 13.0. The highest BCUT2D eigenvalue weighted by atomic mass is 16.5. The molecule has 0 heterocycles. The predicted molar refractivity (Wildman–Crippen MR) is 130 cm³/mol. The van der Waals surface area contributed by atoms with Crippen molar-refractivity contribution < 1.29 is 14.3 Å². The van der Waals surface area contributed by atoms with Crippen LogP contribution in [0.15, 0.2) is 72.8 Å². The Kier molecular flexibility index (Phi) is 7.14. The lowest BCUT2D eigenvalue weighted by Gasteiger charge is -2.19. The first kappa shape index (κ1) is 23.3. The highest BCUT2D eigenvalue weighted by Gasteiger charge is 2.18. The van der Waals surface area contributed by atoms with Crippen molar-refractivity contribution in [2.24, 2.45) is 0 Å². The Morgan fingerprint density at radius 1 is 0.906 bits per heavy atom. The predicted octanol–water partition coefficient (Wildman–Crippen LogP) is 6.18. The molecule has 1 N–H and O–H groups in total. The molecule has 4 nitrogen and oxygen atoms in total. The molecule has 0 saturated carbocycles. The molecule has 0 fully saturated rings. The van der Waals surface area contributed by atoms with Gasteiger partial charge in [-0.25, -0.2) is 0 Å². The molecule has 3 aromatic rings. The molecular formula is C28H31NO3. The monoisotopic (exact) mass is 429 g/mol. The average molecular weight is 430 g/mol. The van der Waals surface area contributed by atoms with Crippen LogP contribution in [0.1, 0.15) is 61.7 Å². The van der Waals surface area contributed by atoms with Crippen molar-refractivity contribution in [3.8, 4) is 5.75 Å². The largest absolute Gasteiger partial charge is 0.481 e. The molecule has 0 spiro atoms. The van der Waals surface area contributed by atoms with E-state index in [0.717, 1.165) is 12.0 Å². The zero-order chi connectivity index (χ0) is 23.3. The zero-order valence-electron chi connectivity index (χ0n) is 19.4. The van der Waals surface area contributed by atoms with Crippen molar-refractivity contribution >= 4 is 17.4 Å². The highest BCUT2D eigenvalue weighted by molar-refractivity contribution is 6.09. The molecular weight excluding hydrogens is 398 g/mol.